The van der Waals surface area contributed by atoms with Gasteiger partial charge in [-0.25, -0.2) is 8.42 Å². The monoisotopic (exact) mass is 446 g/mol. The van der Waals surface area contributed by atoms with Gasteiger partial charge in [0.05, 0.1) is 33.3 Å². The summed E-state index contributed by atoms with van der Waals surface area (Å²) in [5.74, 6) is 2.24. The SMILES string of the molecule is C#CCn1c(=NC(=O)Cc2ccc(S(=O)(=O)C(C)C)cc2)sc2cc(Cl)ccc21. The van der Waals surface area contributed by atoms with Gasteiger partial charge in [-0.1, -0.05) is 41.0 Å². The zero-order valence-corrected chi connectivity index (χ0v) is 18.3. The van der Waals surface area contributed by atoms with E-state index in [2.05, 4.69) is 10.9 Å². The lowest BCUT2D eigenvalue weighted by atomic mass is 10.1. The van der Waals surface area contributed by atoms with Crippen molar-refractivity contribution >= 4 is 48.9 Å². The van der Waals surface area contributed by atoms with Crippen molar-refractivity contribution < 1.29 is 13.2 Å². The molecule has 1 aromatic heterocycles. The van der Waals surface area contributed by atoms with Crippen LogP contribution in [-0.2, 0) is 27.6 Å². The number of rotatable bonds is 5. The molecule has 2 aromatic carbocycles. The Morgan fingerprint density at radius 1 is 1.24 bits per heavy atom. The second kappa shape index (κ2) is 8.54. The quantitative estimate of drug-likeness (QED) is 0.559. The summed E-state index contributed by atoms with van der Waals surface area (Å²) in [6.45, 7) is 3.56. The molecule has 0 aliphatic carbocycles. The van der Waals surface area contributed by atoms with Gasteiger partial charge in [0.2, 0.25) is 0 Å². The summed E-state index contributed by atoms with van der Waals surface area (Å²) in [6.07, 6.45) is 5.53. The number of halogens is 1. The van der Waals surface area contributed by atoms with Crippen molar-refractivity contribution in [3.05, 3.63) is 57.9 Å². The van der Waals surface area contributed by atoms with Gasteiger partial charge in [-0.15, -0.1) is 6.42 Å². The third-order valence-electron chi connectivity index (χ3n) is 4.34. The minimum atomic E-state index is -3.34. The molecule has 150 valence electrons. The Bertz CT molecular complexity index is 1280. The molecule has 3 aromatic rings. The van der Waals surface area contributed by atoms with E-state index in [1.165, 1.54) is 23.5 Å². The van der Waals surface area contributed by atoms with Gasteiger partial charge in [0, 0.05) is 5.02 Å². The van der Waals surface area contributed by atoms with Crippen LogP contribution in [0.25, 0.3) is 10.2 Å². The second-order valence-electron chi connectivity index (χ2n) is 6.71. The van der Waals surface area contributed by atoms with Crippen LogP contribution in [0.5, 0.6) is 0 Å². The maximum atomic E-state index is 12.5. The molecule has 0 atom stereocenters. The van der Waals surface area contributed by atoms with Crippen LogP contribution >= 0.6 is 22.9 Å². The van der Waals surface area contributed by atoms with Crippen molar-refractivity contribution in [2.45, 2.75) is 37.0 Å². The summed E-state index contributed by atoms with van der Waals surface area (Å²) >= 11 is 7.39. The zero-order valence-electron chi connectivity index (χ0n) is 15.9. The van der Waals surface area contributed by atoms with E-state index in [1.807, 2.05) is 12.1 Å². The summed E-state index contributed by atoms with van der Waals surface area (Å²) in [5, 5.41) is 0.0963. The molecule has 3 rings (SSSR count). The number of terminal acetylenes is 1. The average Bonchev–Trinajstić information content (AvgIpc) is 2.98. The Hall–Kier alpha value is -2.40. The van der Waals surface area contributed by atoms with Gasteiger partial charge in [0.1, 0.15) is 0 Å². The minimum Gasteiger partial charge on any atom is -0.305 e. The van der Waals surface area contributed by atoms with Gasteiger partial charge < -0.3 is 4.57 Å². The molecular formula is C21H19ClN2O3S2. The molecule has 0 aliphatic heterocycles. The number of sulfone groups is 1. The molecule has 0 N–H and O–H groups in total. The predicted octanol–water partition coefficient (Wildman–Crippen LogP) is 3.84. The van der Waals surface area contributed by atoms with Crippen molar-refractivity contribution in [1.29, 1.82) is 0 Å². The Morgan fingerprint density at radius 3 is 2.55 bits per heavy atom. The normalized spacial score (nSPS) is 12.4. The van der Waals surface area contributed by atoms with Crippen molar-refractivity contribution in [2.75, 3.05) is 0 Å². The summed E-state index contributed by atoms with van der Waals surface area (Å²) in [7, 11) is -3.34. The molecule has 8 heteroatoms. The zero-order chi connectivity index (χ0) is 21.2. The van der Waals surface area contributed by atoms with E-state index >= 15 is 0 Å². The molecule has 5 nitrogen and oxygen atoms in total. The van der Waals surface area contributed by atoms with Gasteiger partial charge >= 0.3 is 0 Å². The van der Waals surface area contributed by atoms with E-state index in [1.54, 1.807) is 36.6 Å². The molecule has 1 heterocycles. The molecule has 0 fully saturated rings. The number of hydrogen-bond donors (Lipinski definition) is 0. The third kappa shape index (κ3) is 4.61. The minimum absolute atomic E-state index is 0.0626. The Balaban J connectivity index is 1.90. The highest BCUT2D eigenvalue weighted by atomic mass is 35.5. The lowest BCUT2D eigenvalue weighted by Gasteiger charge is -2.08. The van der Waals surface area contributed by atoms with Crippen LogP contribution in [0.1, 0.15) is 19.4 Å². The summed E-state index contributed by atoms with van der Waals surface area (Å²) in [4.78, 5) is 17.5. The van der Waals surface area contributed by atoms with E-state index in [0.29, 0.717) is 15.4 Å². The fraction of sp³-hybridized carbons (Fsp3) is 0.238. The first-order valence-electron chi connectivity index (χ1n) is 8.85. The molecule has 0 saturated heterocycles. The standard InChI is InChI=1S/C21H19ClN2O3S2/c1-4-11-24-18-10-7-16(22)13-19(18)28-21(24)23-20(25)12-15-5-8-17(9-6-15)29(26,27)14(2)3/h1,5-10,13-14H,11-12H2,2-3H3. The molecule has 0 saturated carbocycles. The number of nitrogens with zero attached hydrogens (tertiary/aromatic N) is 2. The van der Waals surface area contributed by atoms with Gasteiger partial charge in [-0.05, 0) is 49.7 Å². The molecule has 0 unspecified atom stereocenters. The van der Waals surface area contributed by atoms with Crippen LogP contribution in [0.2, 0.25) is 5.02 Å². The fourth-order valence-electron chi connectivity index (χ4n) is 2.77. The van der Waals surface area contributed by atoms with Crippen LogP contribution < -0.4 is 4.80 Å². The van der Waals surface area contributed by atoms with E-state index in [0.717, 1.165) is 10.2 Å². The summed E-state index contributed by atoms with van der Waals surface area (Å²) in [6, 6.07) is 11.8. The largest absolute Gasteiger partial charge is 0.305 e. The Morgan fingerprint density at radius 2 is 1.93 bits per heavy atom. The van der Waals surface area contributed by atoms with E-state index in [-0.39, 0.29) is 23.8 Å². The van der Waals surface area contributed by atoms with Crippen molar-refractivity contribution in [3.8, 4) is 12.3 Å². The average molecular weight is 447 g/mol. The van der Waals surface area contributed by atoms with Crippen LogP contribution in [0, 0.1) is 12.3 Å². The topological polar surface area (TPSA) is 68.5 Å². The fourth-order valence-corrected chi connectivity index (χ4v) is 5.15. The maximum Gasteiger partial charge on any atom is 0.252 e. The van der Waals surface area contributed by atoms with Gasteiger partial charge in [-0.2, -0.15) is 4.99 Å². The number of thiazole rings is 1. The smallest absolute Gasteiger partial charge is 0.252 e. The highest BCUT2D eigenvalue weighted by molar-refractivity contribution is 7.92. The third-order valence-corrected chi connectivity index (χ3v) is 7.79. The first kappa shape index (κ1) is 21.3. The molecule has 29 heavy (non-hydrogen) atoms. The van der Waals surface area contributed by atoms with Crippen LogP contribution in [0.4, 0.5) is 0 Å². The number of hydrogen-bond acceptors (Lipinski definition) is 4. The summed E-state index contributed by atoms with van der Waals surface area (Å²) in [5.41, 5.74) is 1.56. The Kier molecular flexibility index (Phi) is 6.27. The number of carbonyl (C=O) groups is 1. The summed E-state index contributed by atoms with van der Waals surface area (Å²) < 4.78 is 27.1. The lowest BCUT2D eigenvalue weighted by Crippen LogP contribution is -2.17. The van der Waals surface area contributed by atoms with Crippen molar-refractivity contribution in [3.63, 3.8) is 0 Å². The highest BCUT2D eigenvalue weighted by Crippen LogP contribution is 2.22. The lowest BCUT2D eigenvalue weighted by molar-refractivity contribution is -0.117. The number of fused-ring (bicyclic) bond motifs is 1. The van der Waals surface area contributed by atoms with Crippen LogP contribution in [-0.4, -0.2) is 24.1 Å². The highest BCUT2D eigenvalue weighted by Gasteiger charge is 2.18. The predicted molar refractivity (Wildman–Crippen MR) is 117 cm³/mol. The van der Waals surface area contributed by atoms with Gasteiger partial charge in [-0.3, -0.25) is 4.79 Å². The van der Waals surface area contributed by atoms with Crippen LogP contribution in [0.15, 0.2) is 52.4 Å². The van der Waals surface area contributed by atoms with Crippen molar-refractivity contribution in [2.24, 2.45) is 4.99 Å². The second-order valence-corrected chi connectivity index (χ2v) is 10.7. The van der Waals surface area contributed by atoms with Gasteiger partial charge in [0.25, 0.3) is 5.91 Å². The molecule has 1 amide bonds. The van der Waals surface area contributed by atoms with E-state index < -0.39 is 15.1 Å². The number of carbonyl (C=O) groups excluding carboxylic acids is 1. The number of aromatic nitrogens is 1. The first-order chi connectivity index (χ1) is 13.7. The Labute approximate surface area is 178 Å². The van der Waals surface area contributed by atoms with E-state index in [9.17, 15) is 13.2 Å². The van der Waals surface area contributed by atoms with Crippen molar-refractivity contribution in [1.82, 2.24) is 4.57 Å². The molecule has 0 bridgehead atoms. The number of amides is 1. The molecule has 0 radical (unpaired) electrons. The molecule has 0 aliphatic rings. The maximum absolute atomic E-state index is 12.5. The van der Waals surface area contributed by atoms with E-state index in [4.69, 9.17) is 18.0 Å². The van der Waals surface area contributed by atoms with Gasteiger partial charge in [0.15, 0.2) is 14.6 Å². The molecule has 0 spiro atoms. The molecular weight excluding hydrogens is 428 g/mol. The van der Waals surface area contributed by atoms with Crippen LogP contribution in [0.3, 0.4) is 0 Å². The first-order valence-corrected chi connectivity index (χ1v) is 11.6. The number of benzene rings is 2.